The maximum atomic E-state index is 12.9. The summed E-state index contributed by atoms with van der Waals surface area (Å²) in [7, 11) is -3.38. The molecule has 2 aromatic rings. The lowest BCUT2D eigenvalue weighted by Crippen LogP contribution is -2.62. The smallest absolute Gasteiger partial charge is 0.261 e. The number of benzene rings is 1. The first-order valence-corrected chi connectivity index (χ1v) is 12.3. The summed E-state index contributed by atoms with van der Waals surface area (Å²) in [6.45, 7) is 4.46. The van der Waals surface area contributed by atoms with Crippen molar-refractivity contribution in [2.24, 2.45) is 5.92 Å². The summed E-state index contributed by atoms with van der Waals surface area (Å²) in [5.74, 6) is 0.512. The van der Waals surface area contributed by atoms with Gasteiger partial charge in [0.1, 0.15) is 0 Å². The van der Waals surface area contributed by atoms with Gasteiger partial charge in [0.15, 0.2) is 0 Å². The Morgan fingerprint density at radius 3 is 2.61 bits per heavy atom. The molecule has 5 rings (SSSR count). The summed E-state index contributed by atoms with van der Waals surface area (Å²) < 4.78 is 25.8. The van der Waals surface area contributed by atoms with Crippen molar-refractivity contribution in [3.63, 3.8) is 0 Å². The zero-order valence-corrected chi connectivity index (χ0v) is 17.6. The minimum absolute atomic E-state index is 0.0459. The van der Waals surface area contributed by atoms with Crippen LogP contribution in [0.3, 0.4) is 0 Å². The number of thiophene rings is 1. The third-order valence-corrected chi connectivity index (χ3v) is 7.35. The number of anilines is 1. The van der Waals surface area contributed by atoms with E-state index in [1.165, 1.54) is 11.3 Å². The molecule has 150 valence electrons. The predicted octanol–water partition coefficient (Wildman–Crippen LogP) is 3.00. The number of piperidine rings is 3. The highest BCUT2D eigenvalue weighted by Crippen LogP contribution is 2.34. The molecule has 0 saturated carbocycles. The van der Waals surface area contributed by atoms with Crippen LogP contribution in [0.5, 0.6) is 0 Å². The van der Waals surface area contributed by atoms with Crippen LogP contribution in [0.15, 0.2) is 35.7 Å². The normalized spacial score (nSPS) is 26.8. The quantitative estimate of drug-likeness (QED) is 0.781. The lowest BCUT2D eigenvalue weighted by Gasteiger charge is -2.49. The first-order valence-electron chi connectivity index (χ1n) is 9.52. The predicted molar refractivity (Wildman–Crippen MR) is 113 cm³/mol. The molecule has 0 spiro atoms. The van der Waals surface area contributed by atoms with Gasteiger partial charge in [-0.15, -0.1) is 11.3 Å². The van der Waals surface area contributed by atoms with Gasteiger partial charge < -0.3 is 5.32 Å². The number of hydrogen-bond donors (Lipinski definition) is 2. The number of carbonyl (C=O) groups is 1. The molecule has 2 atom stereocenters. The van der Waals surface area contributed by atoms with Crippen LogP contribution in [0.25, 0.3) is 11.1 Å². The van der Waals surface area contributed by atoms with Crippen LogP contribution in [0.1, 0.15) is 29.4 Å². The minimum atomic E-state index is -3.38. The first kappa shape index (κ1) is 19.4. The number of para-hydroxylation sites is 1. The maximum absolute atomic E-state index is 12.9. The molecular weight excluding hydrogens is 394 g/mol. The van der Waals surface area contributed by atoms with Crippen molar-refractivity contribution in [3.05, 3.63) is 40.6 Å². The molecular formula is C20H25N3O3S2. The summed E-state index contributed by atoms with van der Waals surface area (Å²) in [6.07, 6.45) is 3.43. The molecule has 3 aliphatic rings. The molecule has 2 bridgehead atoms. The SMILES string of the molecule is C[C@H]1[C@H](NC(=O)c2cc(-c3ccccc3NS(C)(=O)=O)cs2)C2CCN1CC2. The molecule has 1 amide bonds. The fourth-order valence-corrected chi connectivity index (χ4v) is 5.78. The van der Waals surface area contributed by atoms with Crippen LogP contribution >= 0.6 is 11.3 Å². The fourth-order valence-electron chi connectivity index (χ4n) is 4.39. The van der Waals surface area contributed by atoms with Gasteiger partial charge in [0.25, 0.3) is 5.91 Å². The van der Waals surface area contributed by atoms with Gasteiger partial charge in [-0.2, -0.15) is 0 Å². The summed E-state index contributed by atoms with van der Waals surface area (Å²) in [5.41, 5.74) is 2.11. The van der Waals surface area contributed by atoms with Crippen molar-refractivity contribution in [1.29, 1.82) is 0 Å². The van der Waals surface area contributed by atoms with E-state index in [0.29, 0.717) is 22.5 Å². The van der Waals surface area contributed by atoms with E-state index in [1.807, 2.05) is 23.6 Å². The molecule has 0 unspecified atom stereocenters. The topological polar surface area (TPSA) is 78.5 Å². The second-order valence-electron chi connectivity index (χ2n) is 7.73. The van der Waals surface area contributed by atoms with Gasteiger partial charge in [-0.05, 0) is 61.8 Å². The molecule has 0 radical (unpaired) electrons. The third kappa shape index (κ3) is 3.94. The largest absolute Gasteiger partial charge is 0.347 e. The van der Waals surface area contributed by atoms with E-state index in [9.17, 15) is 13.2 Å². The Kier molecular flexibility index (Phi) is 5.20. The van der Waals surface area contributed by atoms with Crippen LogP contribution in [0, 0.1) is 5.92 Å². The maximum Gasteiger partial charge on any atom is 0.261 e. The monoisotopic (exact) mass is 419 g/mol. The molecule has 4 heterocycles. The molecule has 0 aliphatic carbocycles. The highest BCUT2D eigenvalue weighted by Gasteiger charge is 2.40. The zero-order valence-electron chi connectivity index (χ0n) is 16.0. The molecule has 3 aliphatic heterocycles. The fraction of sp³-hybridized carbons (Fsp3) is 0.450. The van der Waals surface area contributed by atoms with E-state index in [2.05, 4.69) is 21.9 Å². The van der Waals surface area contributed by atoms with E-state index in [1.54, 1.807) is 12.1 Å². The van der Waals surface area contributed by atoms with Crippen molar-refractivity contribution in [2.45, 2.75) is 31.8 Å². The van der Waals surface area contributed by atoms with Crippen LogP contribution in [-0.4, -0.2) is 50.7 Å². The number of nitrogens with one attached hydrogen (secondary N) is 2. The van der Waals surface area contributed by atoms with Gasteiger partial charge in [-0.1, -0.05) is 18.2 Å². The summed E-state index contributed by atoms with van der Waals surface area (Å²) in [5, 5.41) is 5.15. The van der Waals surface area contributed by atoms with Crippen molar-refractivity contribution >= 4 is 33.0 Å². The summed E-state index contributed by atoms with van der Waals surface area (Å²) in [4.78, 5) is 16.0. The van der Waals surface area contributed by atoms with Gasteiger partial charge in [0, 0.05) is 17.6 Å². The van der Waals surface area contributed by atoms with Gasteiger partial charge in [-0.3, -0.25) is 14.4 Å². The Morgan fingerprint density at radius 1 is 1.21 bits per heavy atom. The first-order chi connectivity index (χ1) is 13.3. The summed E-state index contributed by atoms with van der Waals surface area (Å²) in [6, 6.07) is 9.63. The highest BCUT2D eigenvalue weighted by atomic mass is 32.2. The van der Waals surface area contributed by atoms with Gasteiger partial charge in [0.2, 0.25) is 10.0 Å². The van der Waals surface area contributed by atoms with Crippen molar-refractivity contribution in [2.75, 3.05) is 24.1 Å². The highest BCUT2D eigenvalue weighted by molar-refractivity contribution is 7.92. The third-order valence-electron chi connectivity index (χ3n) is 5.83. The number of carbonyl (C=O) groups excluding carboxylic acids is 1. The summed E-state index contributed by atoms with van der Waals surface area (Å²) >= 11 is 1.39. The average Bonchev–Trinajstić information content (AvgIpc) is 3.14. The number of nitrogens with zero attached hydrogens (tertiary/aromatic N) is 1. The lowest BCUT2D eigenvalue weighted by atomic mass is 9.79. The second kappa shape index (κ2) is 7.50. The van der Waals surface area contributed by atoms with E-state index in [0.717, 1.165) is 43.3 Å². The van der Waals surface area contributed by atoms with Crippen LogP contribution < -0.4 is 10.0 Å². The molecule has 28 heavy (non-hydrogen) atoms. The number of rotatable bonds is 5. The number of fused-ring (bicyclic) bond motifs is 3. The van der Waals surface area contributed by atoms with Crippen molar-refractivity contribution < 1.29 is 13.2 Å². The minimum Gasteiger partial charge on any atom is -0.347 e. The molecule has 1 aromatic heterocycles. The van der Waals surface area contributed by atoms with Crippen LogP contribution in [-0.2, 0) is 10.0 Å². The molecule has 2 N–H and O–H groups in total. The Labute approximate surface area is 170 Å². The van der Waals surface area contributed by atoms with Crippen molar-refractivity contribution in [1.82, 2.24) is 10.2 Å². The Hall–Kier alpha value is -1.90. The molecule has 1 aromatic carbocycles. The van der Waals surface area contributed by atoms with Crippen LogP contribution in [0.4, 0.5) is 5.69 Å². The van der Waals surface area contributed by atoms with E-state index in [4.69, 9.17) is 0 Å². The van der Waals surface area contributed by atoms with Crippen LogP contribution in [0.2, 0.25) is 0 Å². The van der Waals surface area contributed by atoms with Crippen molar-refractivity contribution in [3.8, 4) is 11.1 Å². The van der Waals surface area contributed by atoms with E-state index < -0.39 is 10.0 Å². The van der Waals surface area contributed by atoms with Gasteiger partial charge in [-0.25, -0.2) is 8.42 Å². The standard InChI is InChI=1S/C20H25N3O3S2/c1-13-19(14-7-9-23(13)10-8-14)21-20(24)18-11-15(12-27-18)16-5-3-4-6-17(16)22-28(2,25)26/h3-6,11-14,19,22H,7-10H2,1-2H3,(H,21,24)/t13-,19-/m0/s1. The van der Waals surface area contributed by atoms with E-state index >= 15 is 0 Å². The second-order valence-corrected chi connectivity index (χ2v) is 10.4. The number of amides is 1. The Bertz CT molecular complexity index is 976. The lowest BCUT2D eigenvalue weighted by molar-refractivity contribution is 0.0218. The Morgan fingerprint density at radius 2 is 1.93 bits per heavy atom. The van der Waals surface area contributed by atoms with Gasteiger partial charge in [0.05, 0.1) is 16.8 Å². The Balaban J connectivity index is 1.53. The average molecular weight is 420 g/mol. The van der Waals surface area contributed by atoms with Gasteiger partial charge >= 0.3 is 0 Å². The number of sulfonamides is 1. The molecule has 6 nitrogen and oxygen atoms in total. The van der Waals surface area contributed by atoms with E-state index in [-0.39, 0.29) is 11.9 Å². The zero-order chi connectivity index (χ0) is 19.9. The number of hydrogen-bond acceptors (Lipinski definition) is 5. The molecule has 8 heteroatoms. The molecule has 3 fully saturated rings. The molecule has 3 saturated heterocycles.